The first kappa shape index (κ1) is 26.4. The Bertz CT molecular complexity index is 783. The second kappa shape index (κ2) is 8.93. The van der Waals surface area contributed by atoms with E-state index in [2.05, 4.69) is 34.6 Å². The summed E-state index contributed by atoms with van der Waals surface area (Å²) in [6.07, 6.45) is 6.90. The topological polar surface area (TPSA) is 79.2 Å². The van der Waals surface area contributed by atoms with Crippen LogP contribution in [0.4, 0.5) is 0 Å². The third kappa shape index (κ3) is 4.24. The fourth-order valence-electron chi connectivity index (χ4n) is 10.5. The lowest BCUT2D eigenvalue weighted by molar-refractivity contribution is -0.173. The third-order valence-corrected chi connectivity index (χ3v) is 11.9. The normalized spacial score (nSPS) is 54.3. The molecular formula is C30H52O5. The van der Waals surface area contributed by atoms with Gasteiger partial charge in [0.2, 0.25) is 0 Å². The van der Waals surface area contributed by atoms with Crippen molar-refractivity contribution in [3.05, 3.63) is 0 Å². The van der Waals surface area contributed by atoms with E-state index < -0.39 is 5.79 Å². The van der Waals surface area contributed by atoms with Gasteiger partial charge in [-0.25, -0.2) is 0 Å². The van der Waals surface area contributed by atoms with Crippen molar-refractivity contribution >= 4 is 0 Å². The summed E-state index contributed by atoms with van der Waals surface area (Å²) >= 11 is 0. The Morgan fingerprint density at radius 3 is 2.14 bits per heavy atom. The minimum Gasteiger partial charge on any atom is -0.393 e. The summed E-state index contributed by atoms with van der Waals surface area (Å²) < 4.78 is 12.6. The lowest BCUT2D eigenvalue weighted by atomic mass is 9.43. The minimum atomic E-state index is -0.546. The molecule has 4 aliphatic carbocycles. The molecule has 5 aliphatic rings. The highest BCUT2D eigenvalue weighted by molar-refractivity contribution is 5.13. The number of hydrogen-bond acceptors (Lipinski definition) is 5. The summed E-state index contributed by atoms with van der Waals surface area (Å²) in [5, 5.41) is 33.2. The van der Waals surface area contributed by atoms with E-state index in [1.807, 2.05) is 13.8 Å². The maximum atomic E-state index is 11.5. The van der Waals surface area contributed by atoms with Crippen molar-refractivity contribution in [2.75, 3.05) is 0 Å². The SMILES string of the molecule is CC(C)[C@@H]1OC(C)(C)O[C@@H]1C[C@@H](C)[C@H]1[C@@H](O)C[C@H]2[C@@H]3C[C@@H](O)[C@H]4C[C@@H](O)CC[C@]4(C)[C@H]3CC[C@]12C. The molecule has 0 aromatic heterocycles. The zero-order valence-corrected chi connectivity index (χ0v) is 23.2. The van der Waals surface area contributed by atoms with Crippen LogP contribution in [0.15, 0.2) is 0 Å². The molecule has 1 aliphatic heterocycles. The molecule has 0 aromatic rings. The van der Waals surface area contributed by atoms with Crippen molar-refractivity contribution < 1.29 is 24.8 Å². The molecule has 0 amide bonds. The molecule has 5 heteroatoms. The maximum Gasteiger partial charge on any atom is 0.163 e. The van der Waals surface area contributed by atoms with Gasteiger partial charge in [-0.05, 0) is 117 Å². The molecule has 5 fully saturated rings. The Labute approximate surface area is 213 Å². The van der Waals surface area contributed by atoms with Crippen molar-refractivity contribution in [1.29, 1.82) is 0 Å². The van der Waals surface area contributed by atoms with Gasteiger partial charge in [0.1, 0.15) is 0 Å². The standard InChI is InChI=1S/C30H52O5/c1-16(2)27-25(34-28(4,5)35-27)12-17(3)26-24(33)15-21-19-14-23(32)22-13-18(31)8-10-29(22,6)20(19)9-11-30(21,26)7/h16-27,31-33H,8-15H2,1-7H3/t17-,18+,19-,20+,21+,22-,23-,24+,25-,26+,27+,29-,30+/m1/s1. The average molecular weight is 493 g/mol. The van der Waals surface area contributed by atoms with Gasteiger partial charge < -0.3 is 24.8 Å². The molecule has 1 saturated heterocycles. The van der Waals surface area contributed by atoms with Crippen molar-refractivity contribution in [1.82, 2.24) is 0 Å². The van der Waals surface area contributed by atoms with Gasteiger partial charge in [0.15, 0.2) is 5.79 Å². The first-order chi connectivity index (χ1) is 16.3. The minimum absolute atomic E-state index is 0.0658. The van der Waals surface area contributed by atoms with Crippen LogP contribution in [0.25, 0.3) is 0 Å². The molecule has 0 spiro atoms. The average Bonchev–Trinajstić information content (AvgIpc) is 3.21. The van der Waals surface area contributed by atoms with Crippen LogP contribution in [-0.2, 0) is 9.47 Å². The van der Waals surface area contributed by atoms with E-state index in [4.69, 9.17) is 9.47 Å². The van der Waals surface area contributed by atoms with Gasteiger partial charge in [-0.2, -0.15) is 0 Å². The largest absolute Gasteiger partial charge is 0.393 e. The van der Waals surface area contributed by atoms with Crippen LogP contribution >= 0.6 is 0 Å². The maximum absolute atomic E-state index is 11.5. The zero-order valence-electron chi connectivity index (χ0n) is 23.2. The summed E-state index contributed by atoms with van der Waals surface area (Å²) in [4.78, 5) is 0. The molecule has 0 unspecified atom stereocenters. The van der Waals surface area contributed by atoms with Crippen molar-refractivity contribution in [3.63, 3.8) is 0 Å². The van der Waals surface area contributed by atoms with Crippen LogP contribution in [0.1, 0.15) is 99.8 Å². The highest BCUT2D eigenvalue weighted by Crippen LogP contribution is 2.68. The molecule has 13 atom stereocenters. The molecule has 5 rings (SSSR count). The van der Waals surface area contributed by atoms with Crippen LogP contribution in [0.2, 0.25) is 0 Å². The Morgan fingerprint density at radius 1 is 0.771 bits per heavy atom. The van der Waals surface area contributed by atoms with Crippen LogP contribution in [0, 0.1) is 52.3 Å². The summed E-state index contributed by atoms with van der Waals surface area (Å²) in [5.41, 5.74) is 0.210. The molecule has 0 aromatic carbocycles. The van der Waals surface area contributed by atoms with Crippen LogP contribution in [-0.4, -0.2) is 51.6 Å². The number of aliphatic hydroxyl groups is 3. The highest BCUT2D eigenvalue weighted by Gasteiger charge is 2.64. The van der Waals surface area contributed by atoms with Gasteiger partial charge in [0.25, 0.3) is 0 Å². The molecule has 202 valence electrons. The predicted octanol–water partition coefficient (Wildman–Crippen LogP) is 5.15. The second-order valence-corrected chi connectivity index (χ2v) is 14.7. The van der Waals surface area contributed by atoms with Gasteiger partial charge in [-0.3, -0.25) is 0 Å². The number of hydrogen-bond donors (Lipinski definition) is 3. The summed E-state index contributed by atoms with van der Waals surface area (Å²) in [6.45, 7) is 15.6. The van der Waals surface area contributed by atoms with Crippen LogP contribution in [0.3, 0.4) is 0 Å². The lowest BCUT2D eigenvalue weighted by Gasteiger charge is -2.62. The Morgan fingerprint density at radius 2 is 1.46 bits per heavy atom. The summed E-state index contributed by atoms with van der Waals surface area (Å²) in [6, 6.07) is 0. The molecule has 0 bridgehead atoms. The number of fused-ring (bicyclic) bond motifs is 5. The zero-order chi connectivity index (χ0) is 25.5. The molecule has 3 N–H and O–H groups in total. The van der Waals surface area contributed by atoms with E-state index >= 15 is 0 Å². The Hall–Kier alpha value is -0.200. The quantitative estimate of drug-likeness (QED) is 0.506. The molecule has 35 heavy (non-hydrogen) atoms. The second-order valence-electron chi connectivity index (χ2n) is 14.7. The fraction of sp³-hybridized carbons (Fsp3) is 1.00. The van der Waals surface area contributed by atoms with Gasteiger partial charge in [-0.1, -0.05) is 34.6 Å². The van der Waals surface area contributed by atoms with Crippen molar-refractivity contribution in [3.8, 4) is 0 Å². The van der Waals surface area contributed by atoms with Gasteiger partial charge in [0.05, 0.1) is 30.5 Å². The Balaban J connectivity index is 1.36. The van der Waals surface area contributed by atoms with E-state index in [-0.39, 0.29) is 53.2 Å². The van der Waals surface area contributed by atoms with E-state index in [9.17, 15) is 15.3 Å². The van der Waals surface area contributed by atoms with E-state index in [0.29, 0.717) is 29.6 Å². The van der Waals surface area contributed by atoms with Gasteiger partial charge in [0, 0.05) is 0 Å². The highest BCUT2D eigenvalue weighted by atomic mass is 16.8. The smallest absolute Gasteiger partial charge is 0.163 e. The monoisotopic (exact) mass is 492 g/mol. The van der Waals surface area contributed by atoms with Crippen molar-refractivity contribution in [2.24, 2.45) is 52.3 Å². The van der Waals surface area contributed by atoms with E-state index in [1.165, 1.54) is 6.42 Å². The predicted molar refractivity (Wildman–Crippen MR) is 136 cm³/mol. The first-order valence-electron chi connectivity index (χ1n) is 14.7. The van der Waals surface area contributed by atoms with E-state index in [1.54, 1.807) is 0 Å². The number of ether oxygens (including phenoxy) is 2. The van der Waals surface area contributed by atoms with Crippen molar-refractivity contribution in [2.45, 2.75) is 136 Å². The first-order valence-corrected chi connectivity index (χ1v) is 14.7. The molecule has 4 saturated carbocycles. The lowest BCUT2D eigenvalue weighted by Crippen LogP contribution is -2.58. The van der Waals surface area contributed by atoms with Crippen LogP contribution < -0.4 is 0 Å². The summed E-state index contributed by atoms with van der Waals surface area (Å²) in [7, 11) is 0. The van der Waals surface area contributed by atoms with Crippen LogP contribution in [0.5, 0.6) is 0 Å². The third-order valence-electron chi connectivity index (χ3n) is 11.9. The Kier molecular flexibility index (Phi) is 6.74. The van der Waals surface area contributed by atoms with Gasteiger partial charge in [-0.15, -0.1) is 0 Å². The molecule has 5 nitrogen and oxygen atoms in total. The molecule has 1 heterocycles. The molecular weight excluding hydrogens is 440 g/mol. The number of rotatable bonds is 4. The van der Waals surface area contributed by atoms with Gasteiger partial charge >= 0.3 is 0 Å². The van der Waals surface area contributed by atoms with E-state index in [0.717, 1.165) is 44.9 Å². The molecule has 0 radical (unpaired) electrons. The fourth-order valence-corrected chi connectivity index (χ4v) is 10.5. The summed E-state index contributed by atoms with van der Waals surface area (Å²) in [5.74, 6) is 2.20. The number of aliphatic hydroxyl groups excluding tert-OH is 3.